The van der Waals surface area contributed by atoms with E-state index in [1.54, 1.807) is 4.90 Å². The van der Waals surface area contributed by atoms with Crippen LogP contribution < -0.4 is 11.1 Å². The Kier molecular flexibility index (Phi) is 3.68. The monoisotopic (exact) mass is 208 g/mol. The lowest BCUT2D eigenvalue weighted by atomic mass is 10.0. The van der Waals surface area contributed by atoms with Crippen LogP contribution in [0.15, 0.2) is 24.3 Å². The highest BCUT2D eigenvalue weighted by Gasteiger charge is 2.21. The van der Waals surface area contributed by atoms with Crippen LogP contribution in [-0.2, 0) is 11.2 Å². The molecule has 0 aliphatic carbocycles. The molecular formula is C11H16N2O2. The van der Waals surface area contributed by atoms with Crippen LogP contribution in [0.4, 0.5) is 10.5 Å². The SMILES string of the molecule is COC(=O)N1CCCc2ccccc21.N. The Bertz CT molecular complexity index is 352. The Morgan fingerprint density at radius 1 is 1.40 bits per heavy atom. The van der Waals surface area contributed by atoms with Crippen molar-refractivity contribution in [3.8, 4) is 0 Å². The average molecular weight is 208 g/mol. The molecule has 4 nitrogen and oxygen atoms in total. The summed E-state index contributed by atoms with van der Waals surface area (Å²) in [5.41, 5.74) is 2.22. The Hall–Kier alpha value is -1.55. The van der Waals surface area contributed by atoms with E-state index >= 15 is 0 Å². The van der Waals surface area contributed by atoms with E-state index in [0.717, 1.165) is 25.1 Å². The van der Waals surface area contributed by atoms with Crippen molar-refractivity contribution in [3.05, 3.63) is 29.8 Å². The smallest absolute Gasteiger partial charge is 0.414 e. The number of hydrogen-bond donors (Lipinski definition) is 1. The van der Waals surface area contributed by atoms with Gasteiger partial charge in [0, 0.05) is 6.54 Å². The Labute approximate surface area is 89.4 Å². The van der Waals surface area contributed by atoms with Crippen LogP contribution in [0.25, 0.3) is 0 Å². The van der Waals surface area contributed by atoms with Gasteiger partial charge >= 0.3 is 6.09 Å². The van der Waals surface area contributed by atoms with Gasteiger partial charge in [-0.2, -0.15) is 0 Å². The zero-order valence-electron chi connectivity index (χ0n) is 8.90. The molecule has 0 fully saturated rings. The number of anilines is 1. The Morgan fingerprint density at radius 3 is 2.87 bits per heavy atom. The van der Waals surface area contributed by atoms with Crippen LogP contribution in [0, 0.1) is 0 Å². The van der Waals surface area contributed by atoms with Crippen LogP contribution >= 0.6 is 0 Å². The Balaban J connectivity index is 0.00000112. The predicted octanol–water partition coefficient (Wildman–Crippen LogP) is 2.37. The minimum absolute atomic E-state index is 0. The van der Waals surface area contributed by atoms with Crippen molar-refractivity contribution < 1.29 is 9.53 Å². The lowest BCUT2D eigenvalue weighted by Gasteiger charge is -2.27. The number of para-hydroxylation sites is 1. The fourth-order valence-electron chi connectivity index (χ4n) is 1.83. The van der Waals surface area contributed by atoms with E-state index in [1.165, 1.54) is 12.7 Å². The van der Waals surface area contributed by atoms with Gasteiger partial charge in [0.25, 0.3) is 0 Å². The van der Waals surface area contributed by atoms with E-state index in [-0.39, 0.29) is 12.2 Å². The highest BCUT2D eigenvalue weighted by molar-refractivity contribution is 5.89. The molecule has 1 heterocycles. The number of amides is 1. The Morgan fingerprint density at radius 2 is 2.13 bits per heavy atom. The van der Waals surface area contributed by atoms with Crippen molar-refractivity contribution in [2.45, 2.75) is 12.8 Å². The first-order valence-electron chi connectivity index (χ1n) is 4.76. The van der Waals surface area contributed by atoms with Gasteiger partial charge in [0.2, 0.25) is 0 Å². The highest BCUT2D eigenvalue weighted by atomic mass is 16.5. The second kappa shape index (κ2) is 4.79. The number of ether oxygens (including phenoxy) is 1. The molecule has 0 saturated heterocycles. The molecule has 1 aliphatic rings. The second-order valence-electron chi connectivity index (χ2n) is 3.35. The van der Waals surface area contributed by atoms with Crippen LogP contribution in [0.1, 0.15) is 12.0 Å². The zero-order chi connectivity index (χ0) is 9.97. The maximum atomic E-state index is 11.4. The molecule has 0 spiro atoms. The van der Waals surface area contributed by atoms with Gasteiger partial charge < -0.3 is 10.9 Å². The number of nitrogens with zero attached hydrogens (tertiary/aromatic N) is 1. The predicted molar refractivity (Wildman–Crippen MR) is 59.5 cm³/mol. The molecule has 0 bridgehead atoms. The number of benzene rings is 1. The van der Waals surface area contributed by atoms with E-state index in [1.807, 2.05) is 18.2 Å². The van der Waals surface area contributed by atoms with E-state index in [9.17, 15) is 4.79 Å². The van der Waals surface area contributed by atoms with E-state index in [4.69, 9.17) is 4.74 Å². The maximum Gasteiger partial charge on any atom is 0.414 e. The van der Waals surface area contributed by atoms with Crippen molar-refractivity contribution in [3.63, 3.8) is 0 Å². The number of methoxy groups -OCH3 is 1. The molecule has 1 aromatic carbocycles. The van der Waals surface area contributed by atoms with E-state index in [0.29, 0.717) is 0 Å². The molecule has 15 heavy (non-hydrogen) atoms. The highest BCUT2D eigenvalue weighted by Crippen LogP contribution is 2.26. The third-order valence-electron chi connectivity index (χ3n) is 2.51. The number of rotatable bonds is 0. The first kappa shape index (κ1) is 11.5. The average Bonchev–Trinajstić information content (AvgIpc) is 2.27. The van der Waals surface area contributed by atoms with Gasteiger partial charge in [0.15, 0.2) is 0 Å². The number of carbonyl (C=O) groups is 1. The van der Waals surface area contributed by atoms with Crippen LogP contribution in [-0.4, -0.2) is 19.7 Å². The largest absolute Gasteiger partial charge is 0.452 e. The lowest BCUT2D eigenvalue weighted by Crippen LogP contribution is -2.35. The standard InChI is InChI=1S/C11H13NO2.H3N/c1-14-11(13)12-8-4-6-9-5-2-3-7-10(9)12;/h2-3,5,7H,4,6,8H2,1H3;1H3. The zero-order valence-corrected chi connectivity index (χ0v) is 8.90. The molecule has 1 aliphatic heterocycles. The van der Waals surface area contributed by atoms with Gasteiger partial charge in [-0.3, -0.25) is 4.90 Å². The summed E-state index contributed by atoms with van der Waals surface area (Å²) < 4.78 is 4.73. The molecule has 0 radical (unpaired) electrons. The summed E-state index contributed by atoms with van der Waals surface area (Å²) in [6, 6.07) is 7.97. The van der Waals surface area contributed by atoms with Gasteiger partial charge in [0.05, 0.1) is 12.8 Å². The molecule has 0 saturated carbocycles. The van der Waals surface area contributed by atoms with Crippen molar-refractivity contribution >= 4 is 11.8 Å². The molecule has 82 valence electrons. The van der Waals surface area contributed by atoms with Crippen molar-refractivity contribution in [1.29, 1.82) is 0 Å². The quantitative estimate of drug-likeness (QED) is 0.711. The number of aryl methyl sites for hydroxylation is 1. The number of carbonyl (C=O) groups excluding carboxylic acids is 1. The minimum Gasteiger partial charge on any atom is -0.452 e. The van der Waals surface area contributed by atoms with Crippen LogP contribution in [0.5, 0.6) is 0 Å². The summed E-state index contributed by atoms with van der Waals surface area (Å²) in [6.45, 7) is 0.754. The van der Waals surface area contributed by atoms with Gasteiger partial charge in [-0.25, -0.2) is 4.79 Å². The van der Waals surface area contributed by atoms with Crippen LogP contribution in [0.2, 0.25) is 0 Å². The van der Waals surface area contributed by atoms with E-state index in [2.05, 4.69) is 6.07 Å². The van der Waals surface area contributed by atoms with Crippen LogP contribution in [0.3, 0.4) is 0 Å². The normalized spacial score (nSPS) is 13.8. The molecule has 0 atom stereocenters. The molecule has 0 aromatic heterocycles. The maximum absolute atomic E-state index is 11.4. The van der Waals surface area contributed by atoms with Gasteiger partial charge in [0.1, 0.15) is 0 Å². The fourth-order valence-corrected chi connectivity index (χ4v) is 1.83. The molecule has 2 rings (SSSR count). The summed E-state index contributed by atoms with van der Waals surface area (Å²) in [4.78, 5) is 13.1. The molecule has 1 amide bonds. The van der Waals surface area contributed by atoms with Crippen molar-refractivity contribution in [2.24, 2.45) is 0 Å². The summed E-state index contributed by atoms with van der Waals surface area (Å²) in [5.74, 6) is 0. The first-order valence-corrected chi connectivity index (χ1v) is 4.76. The lowest BCUT2D eigenvalue weighted by molar-refractivity contribution is 0.178. The van der Waals surface area contributed by atoms with E-state index < -0.39 is 0 Å². The molecular weight excluding hydrogens is 192 g/mol. The first-order chi connectivity index (χ1) is 6.83. The molecule has 1 aromatic rings. The van der Waals surface area contributed by atoms with Gasteiger partial charge in [-0.1, -0.05) is 18.2 Å². The van der Waals surface area contributed by atoms with Crippen molar-refractivity contribution in [1.82, 2.24) is 6.15 Å². The number of fused-ring (bicyclic) bond motifs is 1. The van der Waals surface area contributed by atoms with Crippen molar-refractivity contribution in [2.75, 3.05) is 18.6 Å². The molecule has 0 unspecified atom stereocenters. The fraction of sp³-hybridized carbons (Fsp3) is 0.364. The minimum atomic E-state index is -0.267. The van der Waals surface area contributed by atoms with Gasteiger partial charge in [-0.05, 0) is 24.5 Å². The summed E-state index contributed by atoms with van der Waals surface area (Å²) in [5, 5.41) is 0. The molecule has 4 heteroatoms. The summed E-state index contributed by atoms with van der Waals surface area (Å²) in [7, 11) is 1.42. The second-order valence-corrected chi connectivity index (χ2v) is 3.35. The third-order valence-corrected chi connectivity index (χ3v) is 2.51. The molecule has 3 N–H and O–H groups in total. The third kappa shape index (κ3) is 2.10. The summed E-state index contributed by atoms with van der Waals surface area (Å²) in [6.07, 6.45) is 1.78. The topological polar surface area (TPSA) is 64.5 Å². The summed E-state index contributed by atoms with van der Waals surface area (Å²) >= 11 is 0. The number of hydrogen-bond acceptors (Lipinski definition) is 3. The van der Waals surface area contributed by atoms with Gasteiger partial charge in [-0.15, -0.1) is 0 Å².